The number of aryl methyl sites for hydroxylation is 2. The molecule has 292 valence electrons. The molecule has 1 aromatic carbocycles. The first-order valence-corrected chi connectivity index (χ1v) is 18.4. The van der Waals surface area contributed by atoms with E-state index in [4.69, 9.17) is 33.8 Å². The smallest absolute Gasteiger partial charge is 0.256 e. The summed E-state index contributed by atoms with van der Waals surface area (Å²) in [5, 5.41) is 12.0. The van der Waals surface area contributed by atoms with Crippen molar-refractivity contribution in [1.82, 2.24) is 14.8 Å². The van der Waals surface area contributed by atoms with Crippen LogP contribution in [-0.2, 0) is 40.3 Å². The number of hydrogen-bond acceptors (Lipinski definition) is 10. The van der Waals surface area contributed by atoms with Crippen LogP contribution in [0, 0.1) is 18.3 Å². The molecular weight excluding hydrogens is 680 g/mol. The molecule has 2 amide bonds. The number of pyridine rings is 1. The topological polar surface area (TPSA) is 151 Å². The van der Waals surface area contributed by atoms with Gasteiger partial charge in [-0.05, 0) is 50.3 Å². The van der Waals surface area contributed by atoms with Crippen LogP contribution in [0.1, 0.15) is 47.2 Å². The fraction of sp³-hybridized carbons (Fsp3) is 0.550. The van der Waals surface area contributed by atoms with Gasteiger partial charge in [-0.1, -0.05) is 49.1 Å². The summed E-state index contributed by atoms with van der Waals surface area (Å²) in [5.41, 5.74) is 1.59. The molecule has 0 unspecified atom stereocenters. The van der Waals surface area contributed by atoms with Crippen molar-refractivity contribution in [2.24, 2.45) is 13.0 Å². The first kappa shape index (κ1) is 43.4. The Morgan fingerprint density at radius 1 is 0.981 bits per heavy atom. The lowest BCUT2D eigenvalue weighted by atomic mass is 9.87. The highest BCUT2D eigenvalue weighted by atomic mass is 16.6. The van der Waals surface area contributed by atoms with Gasteiger partial charge in [0.15, 0.2) is 0 Å². The summed E-state index contributed by atoms with van der Waals surface area (Å²) >= 11 is 0. The summed E-state index contributed by atoms with van der Waals surface area (Å²) < 4.78 is 34.4. The molecule has 0 aliphatic carbocycles. The average Bonchev–Trinajstić information content (AvgIpc) is 3.17. The number of benzene rings is 1. The van der Waals surface area contributed by atoms with Crippen molar-refractivity contribution in [3.63, 3.8) is 0 Å². The van der Waals surface area contributed by atoms with Gasteiger partial charge in [0.1, 0.15) is 6.04 Å². The molecular formula is C40H58N4O9. The van der Waals surface area contributed by atoms with Crippen LogP contribution in [0.5, 0.6) is 0 Å². The predicted octanol–water partition coefficient (Wildman–Crippen LogP) is 3.70. The summed E-state index contributed by atoms with van der Waals surface area (Å²) in [7, 11) is 1.60. The summed E-state index contributed by atoms with van der Waals surface area (Å²) in [5.74, 6) is -1.46. The molecule has 13 nitrogen and oxygen atoms in total. The van der Waals surface area contributed by atoms with Crippen LogP contribution in [0.25, 0.3) is 0 Å². The van der Waals surface area contributed by atoms with Crippen LogP contribution >= 0.6 is 0 Å². The third-order valence-electron chi connectivity index (χ3n) is 8.79. The lowest BCUT2D eigenvalue weighted by Gasteiger charge is -2.39. The van der Waals surface area contributed by atoms with E-state index in [0.717, 1.165) is 5.56 Å². The Labute approximate surface area is 313 Å². The number of carbonyl (C=O) groups is 2. The van der Waals surface area contributed by atoms with Crippen molar-refractivity contribution < 1.29 is 38.0 Å². The summed E-state index contributed by atoms with van der Waals surface area (Å²) in [4.78, 5) is 43.0. The fourth-order valence-corrected chi connectivity index (χ4v) is 6.05. The van der Waals surface area contributed by atoms with Gasteiger partial charge in [0.25, 0.3) is 11.5 Å². The Morgan fingerprint density at radius 3 is 2.13 bits per heavy atom. The van der Waals surface area contributed by atoms with Crippen molar-refractivity contribution in [3.8, 4) is 0 Å². The number of nitrogens with zero attached hydrogens (tertiary/aromatic N) is 2. The van der Waals surface area contributed by atoms with Crippen LogP contribution in [0.4, 0.5) is 0 Å². The average molecular weight is 739 g/mol. The Bertz CT molecular complexity index is 1460. The van der Waals surface area contributed by atoms with Crippen LogP contribution in [0.3, 0.4) is 0 Å². The molecule has 1 saturated heterocycles. The molecule has 13 heteroatoms. The minimum atomic E-state index is -0.871. The summed E-state index contributed by atoms with van der Waals surface area (Å²) in [6.07, 6.45) is 7.60. The molecule has 2 aromatic rings. The van der Waals surface area contributed by atoms with Gasteiger partial charge >= 0.3 is 0 Å². The molecule has 3 rings (SSSR count). The highest BCUT2D eigenvalue weighted by molar-refractivity contribution is 6.01. The highest BCUT2D eigenvalue weighted by Crippen LogP contribution is 2.29. The van der Waals surface area contributed by atoms with E-state index >= 15 is 0 Å². The Morgan fingerprint density at radius 2 is 1.57 bits per heavy atom. The first-order valence-electron chi connectivity index (χ1n) is 18.4. The molecule has 1 aromatic heterocycles. The first-order chi connectivity index (χ1) is 25.8. The van der Waals surface area contributed by atoms with E-state index in [-0.39, 0.29) is 48.4 Å². The molecule has 2 heterocycles. The quantitative estimate of drug-likeness (QED) is 0.0837. The normalized spacial score (nSPS) is 14.5. The number of ether oxygens (including phenoxy) is 6. The SMILES string of the molecule is C=C/C=C\C(=N)[C@H](CN(C(=O)c1cc(C)c(=O)n(C)c1)[C@@H](C(=O)NCCOCCOCCOCCOCCOCC)C1CCOCC1)c1ccccc1. The third-order valence-corrected chi connectivity index (χ3v) is 8.79. The van der Waals surface area contributed by atoms with Gasteiger partial charge in [-0.25, -0.2) is 0 Å². The minimum absolute atomic E-state index is 0.0546. The van der Waals surface area contributed by atoms with Gasteiger partial charge in [-0.2, -0.15) is 0 Å². The molecule has 2 N–H and O–H groups in total. The lowest BCUT2D eigenvalue weighted by Crippen LogP contribution is -2.56. The molecule has 1 aliphatic heterocycles. The van der Waals surface area contributed by atoms with E-state index in [0.29, 0.717) is 91.1 Å². The molecule has 1 fully saturated rings. The van der Waals surface area contributed by atoms with Crippen molar-refractivity contribution in [3.05, 3.63) is 94.4 Å². The Kier molecular flexibility index (Phi) is 20.6. The standard InChI is InChI=1S/C40H58N4O9/c1-5-7-13-36(41)35(32-11-9-8-10-12-32)30-44(40(47)34-28-31(3)39(46)43(4)29-34)37(33-14-17-49-18-15-33)38(45)42-16-19-50-22-23-52-26-27-53-25-24-51-21-20-48-6-2/h5,7-13,28-29,33,35,37,41H,1,6,14-27,30H2,2-4H3,(H,42,45)/b13-7-,41-36?/t35-,37-/m1/s1. The number of nitrogens with one attached hydrogen (secondary N) is 2. The molecule has 53 heavy (non-hydrogen) atoms. The van der Waals surface area contributed by atoms with Crippen LogP contribution in [0.15, 0.2) is 72.2 Å². The third kappa shape index (κ3) is 15.1. The van der Waals surface area contributed by atoms with E-state index in [1.807, 2.05) is 37.3 Å². The number of allylic oxidation sites excluding steroid dienone is 3. The zero-order chi connectivity index (χ0) is 38.3. The maximum Gasteiger partial charge on any atom is 0.256 e. The second kappa shape index (κ2) is 25.1. The van der Waals surface area contributed by atoms with E-state index in [9.17, 15) is 14.4 Å². The van der Waals surface area contributed by atoms with Crippen molar-refractivity contribution >= 4 is 17.5 Å². The Hall–Kier alpha value is -3.98. The second-order valence-corrected chi connectivity index (χ2v) is 12.6. The highest BCUT2D eigenvalue weighted by Gasteiger charge is 2.39. The van der Waals surface area contributed by atoms with Gasteiger partial charge in [0.05, 0.1) is 65.0 Å². The van der Waals surface area contributed by atoms with E-state index < -0.39 is 17.9 Å². The lowest BCUT2D eigenvalue weighted by molar-refractivity contribution is -0.129. The Balaban J connectivity index is 1.69. The van der Waals surface area contributed by atoms with Gasteiger partial charge in [-0.3, -0.25) is 14.4 Å². The van der Waals surface area contributed by atoms with E-state index in [1.165, 1.54) is 10.8 Å². The van der Waals surface area contributed by atoms with Crippen molar-refractivity contribution in [2.45, 2.75) is 38.6 Å². The summed E-state index contributed by atoms with van der Waals surface area (Å²) in [6, 6.07) is 10.2. The zero-order valence-corrected chi connectivity index (χ0v) is 31.6. The van der Waals surface area contributed by atoms with Gasteiger partial charge < -0.3 is 48.6 Å². The van der Waals surface area contributed by atoms with E-state index in [1.54, 1.807) is 43.2 Å². The largest absolute Gasteiger partial charge is 0.381 e. The van der Waals surface area contributed by atoms with Gasteiger partial charge in [0, 0.05) is 63.3 Å². The molecule has 0 spiro atoms. The molecule has 0 bridgehead atoms. The van der Waals surface area contributed by atoms with Crippen molar-refractivity contribution in [2.75, 3.05) is 92.4 Å². The van der Waals surface area contributed by atoms with Crippen LogP contribution in [0.2, 0.25) is 0 Å². The number of rotatable bonds is 26. The fourth-order valence-electron chi connectivity index (χ4n) is 6.05. The van der Waals surface area contributed by atoms with E-state index in [2.05, 4.69) is 11.9 Å². The number of carbonyl (C=O) groups excluding carboxylic acids is 2. The number of aromatic nitrogens is 1. The van der Waals surface area contributed by atoms with Crippen LogP contribution in [-0.4, -0.2) is 125 Å². The maximum atomic E-state index is 14.6. The predicted molar refractivity (Wildman–Crippen MR) is 204 cm³/mol. The minimum Gasteiger partial charge on any atom is -0.381 e. The second-order valence-electron chi connectivity index (χ2n) is 12.6. The molecule has 0 saturated carbocycles. The van der Waals surface area contributed by atoms with Crippen LogP contribution < -0.4 is 10.9 Å². The van der Waals surface area contributed by atoms with Crippen molar-refractivity contribution in [1.29, 1.82) is 5.41 Å². The van der Waals surface area contributed by atoms with Gasteiger partial charge in [-0.15, -0.1) is 0 Å². The number of hydrogen-bond donors (Lipinski definition) is 2. The number of amides is 2. The monoisotopic (exact) mass is 738 g/mol. The molecule has 0 radical (unpaired) electrons. The zero-order valence-electron chi connectivity index (χ0n) is 31.6. The molecule has 2 atom stereocenters. The van der Waals surface area contributed by atoms with Gasteiger partial charge in [0.2, 0.25) is 5.91 Å². The molecule has 1 aliphatic rings. The maximum absolute atomic E-state index is 14.6. The summed E-state index contributed by atoms with van der Waals surface area (Å²) in [6.45, 7) is 13.2.